The van der Waals surface area contributed by atoms with E-state index in [2.05, 4.69) is 39.4 Å². The number of nitrogens with one attached hydrogen (secondary N) is 2. The molecule has 2 atom stereocenters. The van der Waals surface area contributed by atoms with Crippen molar-refractivity contribution >= 4 is 55.0 Å². The van der Waals surface area contributed by atoms with Gasteiger partial charge in [0.1, 0.15) is 13.2 Å². The fraction of sp³-hybridized carbons (Fsp3) is 0.872. The molecule has 0 radical (unpaired) electrons. The van der Waals surface area contributed by atoms with Gasteiger partial charge in [0.15, 0.2) is 6.10 Å². The van der Waals surface area contributed by atoms with Crippen LogP contribution in [0, 0.1) is 0 Å². The number of halogens is 2. The SMILES string of the molecule is CCCCCCCCCCCCCCCCCC(=O)OC[C@H](COP(=O)(O)OCCNC(=O)OCCNc1nc(Cl)nc(Cl)n1)OC(=O)CCCCCCCCCCCCCCCCC. The average Bonchev–Trinajstić information content (AvgIpc) is 3.27. The van der Waals surface area contributed by atoms with Crippen molar-refractivity contribution in [1.29, 1.82) is 0 Å². The van der Waals surface area contributed by atoms with Crippen molar-refractivity contribution in [3.63, 3.8) is 0 Å². The van der Waals surface area contributed by atoms with E-state index in [-0.39, 0.29) is 62.3 Å². The smallest absolute Gasteiger partial charge is 0.462 e. The van der Waals surface area contributed by atoms with E-state index in [0.29, 0.717) is 12.8 Å². The molecule has 18 heteroatoms. The van der Waals surface area contributed by atoms with Gasteiger partial charge in [0.25, 0.3) is 0 Å². The lowest BCUT2D eigenvalue weighted by Crippen LogP contribution is -2.30. The number of esters is 2. The second-order valence-corrected chi connectivity index (χ2v) is 19.1. The maximum atomic E-state index is 12.8. The Bertz CT molecular complexity index is 1370. The Balaban J connectivity index is 2.37. The summed E-state index contributed by atoms with van der Waals surface area (Å²) in [6, 6.07) is 0. The van der Waals surface area contributed by atoms with Crippen LogP contribution < -0.4 is 10.6 Å². The third kappa shape index (κ3) is 40.5. The largest absolute Gasteiger partial charge is 0.472 e. The molecule has 0 aliphatic rings. The van der Waals surface area contributed by atoms with E-state index >= 15 is 0 Å². The number of carbonyl (C=O) groups is 3. The number of nitrogens with zero attached hydrogens (tertiary/aromatic N) is 3. The maximum Gasteiger partial charge on any atom is 0.472 e. The molecule has 0 aromatic carbocycles. The van der Waals surface area contributed by atoms with Crippen LogP contribution in [0.2, 0.25) is 10.6 Å². The van der Waals surface area contributed by atoms with Crippen LogP contribution in [0.5, 0.6) is 0 Å². The Hall–Kier alpha value is -2.29. The lowest BCUT2D eigenvalue weighted by atomic mass is 10.0. The van der Waals surface area contributed by atoms with Gasteiger partial charge in [0.2, 0.25) is 16.5 Å². The summed E-state index contributed by atoms with van der Waals surface area (Å²) >= 11 is 11.5. The van der Waals surface area contributed by atoms with Gasteiger partial charge >= 0.3 is 25.9 Å². The van der Waals surface area contributed by atoms with Gasteiger partial charge in [-0.25, -0.2) is 9.36 Å². The summed E-state index contributed by atoms with van der Waals surface area (Å²) in [5, 5.41) is 4.97. The van der Waals surface area contributed by atoms with Gasteiger partial charge in [-0.05, 0) is 36.0 Å². The van der Waals surface area contributed by atoms with Gasteiger partial charge in [-0.15, -0.1) is 0 Å². The first-order chi connectivity index (χ1) is 31.5. The lowest BCUT2D eigenvalue weighted by Gasteiger charge is -2.20. The van der Waals surface area contributed by atoms with Crippen molar-refractivity contribution in [2.24, 2.45) is 0 Å². The third-order valence-corrected chi connectivity index (χ3v) is 12.3. The Morgan fingerprint density at radius 2 is 0.954 bits per heavy atom. The molecule has 0 saturated carbocycles. The highest BCUT2D eigenvalue weighted by Crippen LogP contribution is 2.43. The molecule has 15 nitrogen and oxygen atoms in total. The first kappa shape index (κ1) is 60.7. The standard InChI is InChI=1S/C47H86Cl2N5O10P/c1-3-5-7-9-11-13-15-17-19-21-23-25-27-29-31-33-42(55)61-39-41(64-43(56)34-32-30-28-26-24-22-20-18-16-14-12-10-8-6-4-2)40-63-65(58,59)62-38-36-51-47(57)60-37-35-50-46-53-44(48)52-45(49)54-46/h41H,3-40H2,1-2H3,(H,51,57)(H,58,59)(H,50,52,53,54)/t41-/m1/s1. The number of hydrogen-bond donors (Lipinski definition) is 3. The number of alkyl carbamates (subject to hydrolysis) is 1. The first-order valence-electron chi connectivity index (χ1n) is 25.2. The average molecular weight is 983 g/mol. The molecule has 1 amide bonds. The molecular formula is C47H86Cl2N5O10P. The highest BCUT2D eigenvalue weighted by molar-refractivity contribution is 7.47. The molecular weight excluding hydrogens is 896 g/mol. The van der Waals surface area contributed by atoms with Crippen LogP contribution in [-0.2, 0) is 37.4 Å². The number of unbranched alkanes of at least 4 members (excludes halogenated alkanes) is 28. The number of hydrogen-bond acceptors (Lipinski definition) is 13. The predicted molar refractivity (Wildman–Crippen MR) is 259 cm³/mol. The highest BCUT2D eigenvalue weighted by Gasteiger charge is 2.26. The van der Waals surface area contributed by atoms with Crippen LogP contribution in [0.15, 0.2) is 0 Å². The van der Waals surface area contributed by atoms with Gasteiger partial charge in [0, 0.05) is 19.4 Å². The Kier molecular flexibility index (Phi) is 40.2. The van der Waals surface area contributed by atoms with E-state index in [9.17, 15) is 23.8 Å². The van der Waals surface area contributed by atoms with Gasteiger partial charge in [0.05, 0.1) is 19.8 Å². The summed E-state index contributed by atoms with van der Waals surface area (Å²) in [4.78, 5) is 59.0. The number of phosphoric ester groups is 1. The van der Waals surface area contributed by atoms with Crippen LogP contribution in [0.25, 0.3) is 0 Å². The van der Waals surface area contributed by atoms with Gasteiger partial charge in [-0.1, -0.05) is 194 Å². The third-order valence-electron chi connectivity index (χ3n) is 10.9. The predicted octanol–water partition coefficient (Wildman–Crippen LogP) is 13.4. The monoisotopic (exact) mass is 982 g/mol. The van der Waals surface area contributed by atoms with Crippen molar-refractivity contribution in [3.05, 3.63) is 10.6 Å². The minimum absolute atomic E-state index is 0.0706. The molecule has 65 heavy (non-hydrogen) atoms. The second kappa shape index (κ2) is 43.0. The molecule has 3 N–H and O–H groups in total. The van der Waals surface area contributed by atoms with Gasteiger partial charge in [-0.2, -0.15) is 15.0 Å². The first-order valence-corrected chi connectivity index (χ1v) is 27.5. The highest BCUT2D eigenvalue weighted by atomic mass is 35.5. The second-order valence-electron chi connectivity index (χ2n) is 17.0. The van der Waals surface area contributed by atoms with E-state index in [1.54, 1.807) is 0 Å². The van der Waals surface area contributed by atoms with Crippen molar-refractivity contribution < 1.29 is 47.1 Å². The van der Waals surface area contributed by atoms with E-state index in [1.165, 1.54) is 141 Å². The normalized spacial score (nSPS) is 12.7. The molecule has 0 aliphatic carbocycles. The minimum atomic E-state index is -4.64. The van der Waals surface area contributed by atoms with Crippen molar-refractivity contribution in [2.45, 2.75) is 225 Å². The molecule has 0 aliphatic heterocycles. The number of ether oxygens (including phenoxy) is 3. The molecule has 1 rings (SSSR count). The lowest BCUT2D eigenvalue weighted by molar-refractivity contribution is -0.161. The summed E-state index contributed by atoms with van der Waals surface area (Å²) in [6.07, 6.45) is 35.0. The van der Waals surface area contributed by atoms with E-state index < -0.39 is 38.6 Å². The molecule has 1 unspecified atom stereocenters. The molecule has 0 saturated heterocycles. The molecule has 0 bridgehead atoms. The molecule has 1 aromatic heterocycles. The summed E-state index contributed by atoms with van der Waals surface area (Å²) in [5.74, 6) is -0.823. The summed E-state index contributed by atoms with van der Waals surface area (Å²) in [6.45, 7) is 3.15. The zero-order valence-electron chi connectivity index (χ0n) is 40.1. The van der Waals surface area contributed by atoms with E-state index in [1.807, 2.05) is 0 Å². The molecule has 378 valence electrons. The quantitative estimate of drug-likeness (QED) is 0.0241. The number of aromatic nitrogens is 3. The molecule has 0 fully saturated rings. The number of amides is 1. The van der Waals surface area contributed by atoms with Crippen molar-refractivity contribution in [2.75, 3.05) is 44.8 Å². The number of phosphoric acid groups is 1. The van der Waals surface area contributed by atoms with Crippen molar-refractivity contribution in [1.82, 2.24) is 20.3 Å². The summed E-state index contributed by atoms with van der Waals surface area (Å²) in [7, 11) is -4.64. The van der Waals surface area contributed by atoms with Crippen molar-refractivity contribution in [3.8, 4) is 0 Å². The zero-order chi connectivity index (χ0) is 47.5. The molecule has 1 aromatic rings. The minimum Gasteiger partial charge on any atom is -0.462 e. The Labute approximate surface area is 401 Å². The maximum absolute atomic E-state index is 12.8. The number of carbonyl (C=O) groups excluding carboxylic acids is 3. The van der Waals surface area contributed by atoms with Crippen LogP contribution in [0.1, 0.15) is 219 Å². The van der Waals surface area contributed by atoms with Gasteiger partial charge in [-0.3, -0.25) is 18.6 Å². The summed E-state index contributed by atoms with van der Waals surface area (Å²) < 4.78 is 38.8. The van der Waals surface area contributed by atoms with E-state index in [4.69, 9.17) is 46.5 Å². The number of anilines is 1. The summed E-state index contributed by atoms with van der Waals surface area (Å²) in [5.41, 5.74) is 0. The van der Waals surface area contributed by atoms with Crippen LogP contribution in [-0.4, -0.2) is 83.5 Å². The topological polar surface area (TPSA) is 197 Å². The molecule has 0 spiro atoms. The van der Waals surface area contributed by atoms with Crippen LogP contribution in [0.3, 0.4) is 0 Å². The fourth-order valence-corrected chi connectivity index (χ4v) is 8.31. The van der Waals surface area contributed by atoms with Gasteiger partial charge < -0.3 is 29.7 Å². The number of rotatable bonds is 46. The van der Waals surface area contributed by atoms with E-state index in [0.717, 1.165) is 38.5 Å². The molecule has 1 heterocycles. The Morgan fingerprint density at radius 1 is 0.538 bits per heavy atom. The zero-order valence-corrected chi connectivity index (χ0v) is 42.5. The Morgan fingerprint density at radius 3 is 1.40 bits per heavy atom. The fourth-order valence-electron chi connectivity index (χ4n) is 7.19. The van der Waals surface area contributed by atoms with Crippen LogP contribution in [0.4, 0.5) is 10.7 Å². The van der Waals surface area contributed by atoms with Crippen LogP contribution >= 0.6 is 31.0 Å².